The fourth-order valence-electron chi connectivity index (χ4n) is 2.96. The lowest BCUT2D eigenvalue weighted by molar-refractivity contribution is -0.384. The maximum atomic E-state index is 12.6. The van der Waals surface area contributed by atoms with Gasteiger partial charge in [0, 0.05) is 35.7 Å². The van der Waals surface area contributed by atoms with Crippen LogP contribution in [0.1, 0.15) is 23.8 Å². The van der Waals surface area contributed by atoms with Crippen LogP contribution in [0.25, 0.3) is 10.6 Å². The molecule has 9 heteroatoms. The van der Waals surface area contributed by atoms with Gasteiger partial charge in [-0.05, 0) is 13.3 Å². The van der Waals surface area contributed by atoms with Crippen LogP contribution in [0.2, 0.25) is 0 Å². The van der Waals surface area contributed by atoms with E-state index in [-0.39, 0.29) is 17.3 Å². The first-order chi connectivity index (χ1) is 11.9. The zero-order valence-corrected chi connectivity index (χ0v) is 14.1. The van der Waals surface area contributed by atoms with Crippen molar-refractivity contribution in [2.45, 2.75) is 19.4 Å². The van der Waals surface area contributed by atoms with Gasteiger partial charge in [0.15, 0.2) is 0 Å². The number of aliphatic carboxylic acids is 1. The van der Waals surface area contributed by atoms with Crippen molar-refractivity contribution in [3.8, 4) is 10.6 Å². The Balaban J connectivity index is 1.82. The molecular weight excluding hydrogens is 346 g/mol. The van der Waals surface area contributed by atoms with Gasteiger partial charge in [-0.3, -0.25) is 19.7 Å². The Morgan fingerprint density at radius 1 is 1.44 bits per heavy atom. The van der Waals surface area contributed by atoms with Gasteiger partial charge in [-0.15, -0.1) is 11.3 Å². The van der Waals surface area contributed by atoms with E-state index >= 15 is 0 Å². The van der Waals surface area contributed by atoms with Crippen LogP contribution in [0.4, 0.5) is 5.69 Å². The van der Waals surface area contributed by atoms with Gasteiger partial charge in [-0.2, -0.15) is 0 Å². The monoisotopic (exact) mass is 361 g/mol. The molecule has 8 nitrogen and oxygen atoms in total. The standard InChI is InChI=1S/C16H15N3O5S/c1-9-12(16(21)22)5-6-18(9)15(20)13-8-25-14(17-13)10-3-2-4-11(7-10)19(23)24/h2-4,7-9,12H,5-6H2,1H3,(H,21,22). The second kappa shape index (κ2) is 6.60. The Hall–Kier alpha value is -2.81. The predicted molar refractivity (Wildman–Crippen MR) is 90.4 cm³/mol. The second-order valence-corrected chi connectivity index (χ2v) is 6.68. The van der Waals surface area contributed by atoms with E-state index in [1.165, 1.54) is 28.4 Å². The van der Waals surface area contributed by atoms with Crippen LogP contribution in [0, 0.1) is 16.0 Å². The molecule has 1 aliphatic heterocycles. The number of amides is 1. The molecule has 1 saturated heterocycles. The number of likely N-dealkylation sites (tertiary alicyclic amines) is 1. The molecule has 1 fully saturated rings. The molecule has 3 rings (SSSR count). The summed E-state index contributed by atoms with van der Waals surface area (Å²) in [6.45, 7) is 2.10. The molecule has 0 saturated carbocycles. The van der Waals surface area contributed by atoms with Crippen molar-refractivity contribution in [3.63, 3.8) is 0 Å². The summed E-state index contributed by atoms with van der Waals surface area (Å²) in [4.78, 5) is 40.0. The van der Waals surface area contributed by atoms with Gasteiger partial charge >= 0.3 is 5.97 Å². The Morgan fingerprint density at radius 2 is 2.20 bits per heavy atom. The Bertz CT molecular complexity index is 850. The minimum Gasteiger partial charge on any atom is -0.481 e. The molecule has 1 aromatic carbocycles. The average Bonchev–Trinajstić information content (AvgIpc) is 3.21. The van der Waals surface area contributed by atoms with Crippen molar-refractivity contribution in [3.05, 3.63) is 45.5 Å². The van der Waals surface area contributed by atoms with E-state index in [4.69, 9.17) is 0 Å². The largest absolute Gasteiger partial charge is 0.481 e. The molecule has 1 aromatic heterocycles. The molecule has 2 aromatic rings. The number of benzene rings is 1. The highest BCUT2D eigenvalue weighted by atomic mass is 32.1. The Morgan fingerprint density at radius 3 is 2.84 bits per heavy atom. The maximum absolute atomic E-state index is 12.6. The quantitative estimate of drug-likeness (QED) is 0.661. The number of carboxylic acid groups (broad SMARTS) is 1. The first kappa shape index (κ1) is 17.0. The molecule has 2 atom stereocenters. The zero-order valence-electron chi connectivity index (χ0n) is 13.3. The summed E-state index contributed by atoms with van der Waals surface area (Å²) >= 11 is 1.22. The molecule has 0 bridgehead atoms. The molecule has 0 radical (unpaired) electrons. The van der Waals surface area contributed by atoms with Crippen molar-refractivity contribution in [1.29, 1.82) is 0 Å². The maximum Gasteiger partial charge on any atom is 0.308 e. The lowest BCUT2D eigenvalue weighted by Gasteiger charge is -2.22. The van der Waals surface area contributed by atoms with Crippen LogP contribution in [0.5, 0.6) is 0 Å². The van der Waals surface area contributed by atoms with E-state index in [1.807, 2.05) is 0 Å². The van der Waals surface area contributed by atoms with Crippen molar-refractivity contribution in [2.24, 2.45) is 5.92 Å². The molecule has 130 valence electrons. The highest BCUT2D eigenvalue weighted by Gasteiger charge is 2.39. The van der Waals surface area contributed by atoms with Crippen LogP contribution in [0.15, 0.2) is 29.6 Å². The topological polar surface area (TPSA) is 114 Å². The fourth-order valence-corrected chi connectivity index (χ4v) is 3.75. The molecular formula is C16H15N3O5S. The number of nitro benzene ring substituents is 1. The molecule has 25 heavy (non-hydrogen) atoms. The average molecular weight is 361 g/mol. The number of carbonyl (C=O) groups excluding carboxylic acids is 1. The third-order valence-corrected chi connectivity index (χ3v) is 5.25. The number of thiazole rings is 1. The van der Waals surface area contributed by atoms with Gasteiger partial charge in [-0.1, -0.05) is 12.1 Å². The summed E-state index contributed by atoms with van der Waals surface area (Å²) in [6, 6.07) is 5.66. The number of nitrogens with zero attached hydrogens (tertiary/aromatic N) is 3. The third kappa shape index (κ3) is 3.22. The van der Waals surface area contributed by atoms with Gasteiger partial charge in [-0.25, -0.2) is 4.98 Å². The number of nitro groups is 1. The molecule has 1 amide bonds. The van der Waals surface area contributed by atoms with Crippen LogP contribution in [0.3, 0.4) is 0 Å². The van der Waals surface area contributed by atoms with Crippen LogP contribution >= 0.6 is 11.3 Å². The van der Waals surface area contributed by atoms with Crippen LogP contribution in [-0.4, -0.2) is 44.4 Å². The number of rotatable bonds is 4. The van der Waals surface area contributed by atoms with Gasteiger partial charge in [0.2, 0.25) is 0 Å². The Labute approximate surface area is 146 Å². The number of hydrogen-bond donors (Lipinski definition) is 1. The molecule has 1 N–H and O–H groups in total. The SMILES string of the molecule is CC1C(C(=O)O)CCN1C(=O)c1csc(-c2cccc([N+](=O)[O-])c2)n1. The van der Waals surface area contributed by atoms with E-state index < -0.39 is 22.9 Å². The first-order valence-electron chi connectivity index (χ1n) is 7.62. The normalized spacial score (nSPS) is 19.8. The first-order valence-corrected chi connectivity index (χ1v) is 8.50. The lowest BCUT2D eigenvalue weighted by Crippen LogP contribution is -2.37. The van der Waals surface area contributed by atoms with Crippen molar-refractivity contribution in [2.75, 3.05) is 6.54 Å². The summed E-state index contributed by atoms with van der Waals surface area (Å²) < 4.78 is 0. The summed E-state index contributed by atoms with van der Waals surface area (Å²) in [6.07, 6.45) is 0.421. The van der Waals surface area contributed by atoms with Crippen LogP contribution in [-0.2, 0) is 4.79 Å². The minimum atomic E-state index is -0.904. The van der Waals surface area contributed by atoms with E-state index in [9.17, 15) is 24.8 Å². The van der Waals surface area contributed by atoms with E-state index in [0.717, 1.165) is 0 Å². The number of hydrogen-bond acceptors (Lipinski definition) is 6. The molecule has 2 unspecified atom stereocenters. The highest BCUT2D eigenvalue weighted by Crippen LogP contribution is 2.30. The summed E-state index contributed by atoms with van der Waals surface area (Å²) in [5.74, 6) is -1.79. The predicted octanol–water partition coefficient (Wildman–Crippen LogP) is 2.65. The van der Waals surface area contributed by atoms with Crippen molar-refractivity contribution >= 4 is 28.9 Å². The molecule has 1 aliphatic rings. The van der Waals surface area contributed by atoms with Crippen LogP contribution < -0.4 is 0 Å². The zero-order chi connectivity index (χ0) is 18.1. The molecule has 2 heterocycles. The van der Waals surface area contributed by atoms with E-state index in [0.29, 0.717) is 23.5 Å². The molecule has 0 aliphatic carbocycles. The van der Waals surface area contributed by atoms with Gasteiger partial charge in [0.1, 0.15) is 10.7 Å². The van der Waals surface area contributed by atoms with Gasteiger partial charge < -0.3 is 10.0 Å². The van der Waals surface area contributed by atoms with Crippen molar-refractivity contribution in [1.82, 2.24) is 9.88 Å². The smallest absolute Gasteiger partial charge is 0.308 e. The minimum absolute atomic E-state index is 0.0435. The Kier molecular flexibility index (Phi) is 4.49. The van der Waals surface area contributed by atoms with E-state index in [1.54, 1.807) is 24.4 Å². The van der Waals surface area contributed by atoms with Gasteiger partial charge in [0.05, 0.1) is 10.8 Å². The second-order valence-electron chi connectivity index (χ2n) is 5.82. The lowest BCUT2D eigenvalue weighted by atomic mass is 10.0. The highest BCUT2D eigenvalue weighted by molar-refractivity contribution is 7.13. The number of non-ortho nitro benzene ring substituents is 1. The fraction of sp³-hybridized carbons (Fsp3) is 0.312. The summed E-state index contributed by atoms with van der Waals surface area (Å²) in [5.41, 5.74) is 0.749. The van der Waals surface area contributed by atoms with Gasteiger partial charge in [0.25, 0.3) is 11.6 Å². The number of carboxylic acids is 1. The van der Waals surface area contributed by atoms with Crippen molar-refractivity contribution < 1.29 is 19.6 Å². The third-order valence-electron chi connectivity index (χ3n) is 4.36. The number of carbonyl (C=O) groups is 2. The summed E-state index contributed by atoms with van der Waals surface area (Å²) in [7, 11) is 0. The molecule has 0 spiro atoms. The van der Waals surface area contributed by atoms with E-state index in [2.05, 4.69) is 4.98 Å². The number of aromatic nitrogens is 1. The summed E-state index contributed by atoms with van der Waals surface area (Å²) in [5, 5.41) is 22.1.